The number of nitrogens with zero attached hydrogens (tertiary/aromatic N) is 1. The van der Waals surface area contributed by atoms with E-state index in [4.69, 9.17) is 4.74 Å². The van der Waals surface area contributed by atoms with E-state index < -0.39 is 5.92 Å². The molecule has 5 nitrogen and oxygen atoms in total. The predicted octanol–water partition coefficient (Wildman–Crippen LogP) is 2.55. The minimum atomic E-state index is -0.455. The topological polar surface area (TPSA) is 62.4 Å². The lowest BCUT2D eigenvalue weighted by Gasteiger charge is -2.28. The monoisotopic (exact) mass is 308 g/mol. The molecule has 1 aliphatic heterocycles. The second-order valence-electron chi connectivity index (χ2n) is 5.84. The Balaban J connectivity index is 2.01. The number of hydrogen-bond donors (Lipinski definition) is 1. The number of aromatic nitrogens is 1. The summed E-state index contributed by atoms with van der Waals surface area (Å²) in [7, 11) is 1.38. The normalized spacial score (nSPS) is 17.3. The Bertz CT molecular complexity index is 929. The smallest absolute Gasteiger partial charge is 0.315 e. The van der Waals surface area contributed by atoms with Crippen LogP contribution in [0.1, 0.15) is 17.2 Å². The van der Waals surface area contributed by atoms with Crippen molar-refractivity contribution in [3.05, 3.63) is 47.7 Å². The van der Waals surface area contributed by atoms with Crippen LogP contribution in [0.3, 0.4) is 0 Å². The highest BCUT2D eigenvalue weighted by atomic mass is 16.5. The molecular weight excluding hydrogens is 292 g/mol. The molecule has 2 aromatic carbocycles. The molecule has 1 N–H and O–H groups in total. The van der Waals surface area contributed by atoms with Crippen LogP contribution in [0.2, 0.25) is 0 Å². The van der Waals surface area contributed by atoms with Crippen molar-refractivity contribution in [3.8, 4) is 0 Å². The number of fused-ring (bicyclic) bond motifs is 5. The van der Waals surface area contributed by atoms with Crippen molar-refractivity contribution in [1.29, 1.82) is 0 Å². The van der Waals surface area contributed by atoms with E-state index in [1.54, 1.807) is 4.90 Å². The summed E-state index contributed by atoms with van der Waals surface area (Å²) in [5.41, 5.74) is 2.87. The van der Waals surface area contributed by atoms with E-state index >= 15 is 0 Å². The van der Waals surface area contributed by atoms with Crippen LogP contribution in [-0.4, -0.2) is 35.9 Å². The average Bonchev–Trinajstić information content (AvgIpc) is 2.99. The summed E-state index contributed by atoms with van der Waals surface area (Å²) in [5, 5.41) is 3.28. The Morgan fingerprint density at radius 1 is 1.26 bits per heavy atom. The molecular formula is C18H16N2O3. The Morgan fingerprint density at radius 3 is 2.87 bits per heavy atom. The molecule has 0 radical (unpaired) electrons. The first-order chi connectivity index (χ1) is 11.2. The third-order valence-corrected chi connectivity index (χ3v) is 4.58. The number of ether oxygens (including phenoxy) is 1. The van der Waals surface area contributed by atoms with Crippen molar-refractivity contribution in [2.24, 2.45) is 0 Å². The molecule has 0 bridgehead atoms. The van der Waals surface area contributed by atoms with Gasteiger partial charge in [0.1, 0.15) is 5.92 Å². The molecule has 1 unspecified atom stereocenters. The van der Waals surface area contributed by atoms with Gasteiger partial charge < -0.3 is 14.6 Å². The largest absolute Gasteiger partial charge is 0.468 e. The minimum Gasteiger partial charge on any atom is -0.468 e. The summed E-state index contributed by atoms with van der Waals surface area (Å²) in [6.45, 7) is 0.832. The van der Waals surface area contributed by atoms with Gasteiger partial charge >= 0.3 is 5.97 Å². The van der Waals surface area contributed by atoms with Gasteiger partial charge in [0.2, 0.25) is 6.41 Å². The SMILES string of the molecule is COC(=O)C1CN(C=O)Cc2[nH]c3c(ccc4ccccc43)c21. The fourth-order valence-corrected chi connectivity index (χ4v) is 3.54. The second-order valence-corrected chi connectivity index (χ2v) is 5.84. The van der Waals surface area contributed by atoms with Crippen molar-refractivity contribution < 1.29 is 14.3 Å². The van der Waals surface area contributed by atoms with Gasteiger partial charge in [0.15, 0.2) is 0 Å². The summed E-state index contributed by atoms with van der Waals surface area (Å²) >= 11 is 0. The molecule has 1 amide bonds. The molecule has 23 heavy (non-hydrogen) atoms. The lowest BCUT2D eigenvalue weighted by Crippen LogP contribution is -2.36. The molecule has 2 heterocycles. The van der Waals surface area contributed by atoms with Crippen molar-refractivity contribution in [1.82, 2.24) is 9.88 Å². The predicted molar refractivity (Wildman–Crippen MR) is 87.0 cm³/mol. The van der Waals surface area contributed by atoms with Crippen molar-refractivity contribution in [3.63, 3.8) is 0 Å². The quantitative estimate of drug-likeness (QED) is 0.584. The number of carbonyl (C=O) groups is 2. The van der Waals surface area contributed by atoms with Crippen molar-refractivity contribution in [2.45, 2.75) is 12.5 Å². The van der Waals surface area contributed by atoms with Gasteiger partial charge in [-0.2, -0.15) is 0 Å². The second kappa shape index (κ2) is 5.12. The number of aromatic amines is 1. The number of hydrogen-bond acceptors (Lipinski definition) is 3. The van der Waals surface area contributed by atoms with Crippen LogP contribution >= 0.6 is 0 Å². The number of methoxy groups -OCH3 is 1. The molecule has 5 heteroatoms. The number of rotatable bonds is 2. The zero-order chi connectivity index (χ0) is 16.0. The Morgan fingerprint density at radius 2 is 2.09 bits per heavy atom. The maximum Gasteiger partial charge on any atom is 0.315 e. The highest BCUT2D eigenvalue weighted by molar-refractivity contribution is 6.08. The fraction of sp³-hybridized carbons (Fsp3) is 0.222. The standard InChI is InChI=1S/C18H16N2O3/c1-23-18(22)14-8-20(10-21)9-15-16(14)13-7-6-11-4-2-3-5-12(11)17(13)19-15/h2-7,10,14,19H,8-9H2,1H3. The van der Waals surface area contributed by atoms with Gasteiger partial charge in [-0.1, -0.05) is 36.4 Å². The molecule has 0 saturated carbocycles. The highest BCUT2D eigenvalue weighted by Gasteiger charge is 2.34. The number of amides is 1. The van der Waals surface area contributed by atoms with Gasteiger partial charge in [0.25, 0.3) is 0 Å². The first-order valence-electron chi connectivity index (χ1n) is 7.52. The molecule has 0 aliphatic carbocycles. The summed E-state index contributed by atoms with van der Waals surface area (Å²) in [5.74, 6) is -0.768. The third kappa shape index (κ3) is 2.00. The van der Waals surface area contributed by atoms with Crippen LogP contribution in [0.4, 0.5) is 0 Å². The number of H-pyrrole nitrogens is 1. The van der Waals surface area contributed by atoms with E-state index in [9.17, 15) is 9.59 Å². The summed E-state index contributed by atoms with van der Waals surface area (Å²) in [4.78, 5) is 28.5. The van der Waals surface area contributed by atoms with E-state index in [1.165, 1.54) is 7.11 Å². The Kier molecular flexibility index (Phi) is 3.08. The molecule has 4 rings (SSSR count). The van der Waals surface area contributed by atoms with Gasteiger partial charge in [0.05, 0.1) is 19.2 Å². The summed E-state index contributed by atoms with van der Waals surface area (Å²) in [6.07, 6.45) is 0.780. The van der Waals surface area contributed by atoms with Crippen LogP contribution in [0, 0.1) is 0 Å². The number of benzene rings is 2. The van der Waals surface area contributed by atoms with Gasteiger partial charge in [-0.05, 0) is 10.9 Å². The number of esters is 1. The minimum absolute atomic E-state index is 0.313. The van der Waals surface area contributed by atoms with Crippen LogP contribution in [0.15, 0.2) is 36.4 Å². The average molecular weight is 308 g/mol. The van der Waals surface area contributed by atoms with E-state index in [1.807, 2.05) is 18.2 Å². The first-order valence-corrected chi connectivity index (χ1v) is 7.52. The van der Waals surface area contributed by atoms with Gasteiger partial charge in [-0.25, -0.2) is 0 Å². The molecule has 0 spiro atoms. The molecule has 0 fully saturated rings. The molecule has 0 saturated heterocycles. The van der Waals surface area contributed by atoms with E-state index in [0.717, 1.165) is 39.3 Å². The maximum absolute atomic E-state index is 12.2. The van der Waals surface area contributed by atoms with Crippen molar-refractivity contribution in [2.75, 3.05) is 13.7 Å². The van der Waals surface area contributed by atoms with Crippen molar-refractivity contribution >= 4 is 34.1 Å². The van der Waals surface area contributed by atoms with Crippen LogP contribution in [0.25, 0.3) is 21.7 Å². The molecule has 1 aromatic heterocycles. The van der Waals surface area contributed by atoms with E-state index in [2.05, 4.69) is 23.2 Å². The third-order valence-electron chi connectivity index (χ3n) is 4.58. The van der Waals surface area contributed by atoms with Gasteiger partial charge in [-0.15, -0.1) is 0 Å². The van der Waals surface area contributed by atoms with Crippen LogP contribution < -0.4 is 0 Å². The molecule has 116 valence electrons. The Hall–Kier alpha value is -2.82. The lowest BCUT2D eigenvalue weighted by atomic mass is 9.91. The number of carbonyl (C=O) groups excluding carboxylic acids is 2. The van der Waals surface area contributed by atoms with E-state index in [-0.39, 0.29) is 5.97 Å². The zero-order valence-corrected chi connectivity index (χ0v) is 12.7. The number of nitrogens with one attached hydrogen (secondary N) is 1. The van der Waals surface area contributed by atoms with E-state index in [0.29, 0.717) is 13.1 Å². The van der Waals surface area contributed by atoms with Crippen LogP contribution in [0.5, 0.6) is 0 Å². The van der Waals surface area contributed by atoms with Gasteiger partial charge in [0, 0.05) is 23.0 Å². The highest BCUT2D eigenvalue weighted by Crippen LogP contribution is 2.37. The molecule has 1 atom stereocenters. The fourth-order valence-electron chi connectivity index (χ4n) is 3.54. The lowest BCUT2D eigenvalue weighted by molar-refractivity contribution is -0.143. The Labute approximate surface area is 132 Å². The van der Waals surface area contributed by atoms with Gasteiger partial charge in [-0.3, -0.25) is 9.59 Å². The molecule has 1 aliphatic rings. The summed E-state index contributed by atoms with van der Waals surface area (Å²) in [6, 6.07) is 12.2. The molecule has 3 aromatic rings. The maximum atomic E-state index is 12.2. The first kappa shape index (κ1) is 13.8. The van der Waals surface area contributed by atoms with Crippen LogP contribution in [-0.2, 0) is 20.9 Å². The zero-order valence-electron chi connectivity index (χ0n) is 12.7. The summed E-state index contributed by atoms with van der Waals surface area (Å²) < 4.78 is 4.95.